The minimum atomic E-state index is -2.20. The number of carbonyl (C=O) groups is 3. The van der Waals surface area contributed by atoms with Gasteiger partial charge in [0, 0.05) is 36.6 Å². The number of benzene rings is 2. The summed E-state index contributed by atoms with van der Waals surface area (Å²) in [6.07, 6.45) is 4.86. The highest BCUT2D eigenvalue weighted by Gasteiger charge is 3.12. The number of primary amides is 1. The highest BCUT2D eigenvalue weighted by atomic mass is 31.2. The number of allylic oxidation sites excluding steroid dienone is 3. The molecule has 2 aromatic rings. The lowest BCUT2D eigenvalue weighted by atomic mass is 9.60. The molecular weight excluding hydrogens is 665 g/mol. The Labute approximate surface area is 301 Å². The molecule has 1 saturated carbocycles. The summed E-state index contributed by atoms with van der Waals surface area (Å²) >= 11 is 0. The highest BCUT2D eigenvalue weighted by Crippen LogP contribution is 3.14. The predicted octanol–water partition coefficient (Wildman–Crippen LogP) is 4.38. The SMILES string of the molecule is CN(C)C.CNC.CNCCNC(=O)c1cccc(-c2ccc3c(c2O)C(=O)C2=C4O[P+]5(C6CCC6)C6(C)C(C(N)=O)=C(O)C[C@H](CC2C3)[C@]465)c1. The Balaban J connectivity index is 0.000000591. The van der Waals surface area contributed by atoms with Crippen LogP contribution < -0.4 is 21.7 Å². The number of phenolic OH excluding ortho intramolecular Hbond substituents is 1. The molecule has 4 aliphatic carbocycles. The molecule has 7 N–H and O–H groups in total. The number of hydrogen-bond acceptors (Lipinski definition) is 9. The van der Waals surface area contributed by atoms with Gasteiger partial charge in [-0.25, -0.2) is 0 Å². The van der Waals surface area contributed by atoms with Crippen molar-refractivity contribution >= 4 is 25.1 Å². The van der Waals surface area contributed by atoms with Crippen LogP contribution in [0.5, 0.6) is 5.75 Å². The molecule has 12 heteroatoms. The van der Waals surface area contributed by atoms with Gasteiger partial charge in [-0.05, 0) is 110 Å². The summed E-state index contributed by atoms with van der Waals surface area (Å²) in [7, 11) is 9.37. The Morgan fingerprint density at radius 3 is 2.35 bits per heavy atom. The molecular formula is C39H53N5O6P+. The minimum absolute atomic E-state index is 0.0891. The van der Waals surface area contributed by atoms with Crippen molar-refractivity contribution in [2.75, 3.05) is 55.4 Å². The Bertz CT molecular complexity index is 1830. The molecule has 2 amide bonds. The number of nitrogens with zero attached hydrogens (tertiary/aromatic N) is 1. The fourth-order valence-corrected chi connectivity index (χ4v) is 16.8. The van der Waals surface area contributed by atoms with Crippen molar-refractivity contribution < 1.29 is 29.1 Å². The summed E-state index contributed by atoms with van der Waals surface area (Å²) in [6.45, 7) is 3.18. The molecule has 6 aliphatic rings. The molecule has 0 bridgehead atoms. The van der Waals surface area contributed by atoms with Gasteiger partial charge in [-0.1, -0.05) is 24.3 Å². The van der Waals surface area contributed by atoms with Crippen molar-refractivity contribution in [3.63, 3.8) is 0 Å². The van der Waals surface area contributed by atoms with Gasteiger partial charge in [0.1, 0.15) is 22.7 Å². The van der Waals surface area contributed by atoms with Crippen molar-refractivity contribution in [1.29, 1.82) is 0 Å². The van der Waals surface area contributed by atoms with Crippen LogP contribution in [0.4, 0.5) is 0 Å². The number of nitrogens with one attached hydrogen (secondary N) is 3. The van der Waals surface area contributed by atoms with E-state index in [1.165, 1.54) is 0 Å². The Morgan fingerprint density at radius 2 is 1.75 bits per heavy atom. The van der Waals surface area contributed by atoms with E-state index in [0.29, 0.717) is 65.2 Å². The van der Waals surface area contributed by atoms with Crippen molar-refractivity contribution in [3.05, 3.63) is 75.8 Å². The van der Waals surface area contributed by atoms with Gasteiger partial charge in [-0.2, -0.15) is 0 Å². The Kier molecular flexibility index (Phi) is 9.91. The number of rotatable bonds is 7. The summed E-state index contributed by atoms with van der Waals surface area (Å²) in [5.41, 5.74) is 9.88. The fourth-order valence-electron chi connectivity index (χ4n) is 9.75. The second kappa shape index (κ2) is 13.7. The molecule has 51 heavy (non-hydrogen) atoms. The number of hydrogen-bond donors (Lipinski definition) is 6. The van der Waals surface area contributed by atoms with E-state index in [-0.39, 0.29) is 40.6 Å². The number of Topliss-reactive ketones (excluding diaryl/α,β-unsaturated/α-hetero) is 1. The standard InChI is InChI=1S/C34H36N3O6P.C3H9N.C2H7N/c1-33-27(31(35)41)24(38)16-21-15-20-14-18-9-10-23(17-5-3-6-19(13-17)32(42)37-12-11-36-2)28(39)25(18)29(40)26(20)30-34(21,33)44(33,43-30)22-7-4-8-22;1-4(2)3;1-3-2/h3,5-6,9-10,13,20-22,36H,4,7-8,11-12,14-16H2,1-2H3,(H4-,35,37,38,39,40,41,42);1-3H3;3H,1-2H3/p+1/t20?,21-,33?,34-,44?;;/m0../s1. The number of likely N-dealkylation sites (N-methyl/N-ethyl adjacent to an activating group) is 1. The second-order valence-electron chi connectivity index (χ2n) is 15.2. The zero-order chi connectivity index (χ0) is 37.0. The molecule has 274 valence electrons. The molecule has 1 spiro atoms. The average molecular weight is 719 g/mol. The summed E-state index contributed by atoms with van der Waals surface area (Å²) < 4.78 is 6.92. The van der Waals surface area contributed by atoms with Crippen LogP contribution in [0.15, 0.2) is 59.1 Å². The molecule has 3 fully saturated rings. The van der Waals surface area contributed by atoms with Crippen LogP contribution >= 0.6 is 7.49 Å². The minimum Gasteiger partial charge on any atom is -0.512 e. The number of amides is 2. The smallest absolute Gasteiger partial charge is 0.252 e. The maximum atomic E-state index is 14.5. The van der Waals surface area contributed by atoms with Gasteiger partial charge in [0.2, 0.25) is 18.4 Å². The van der Waals surface area contributed by atoms with E-state index in [1.807, 2.05) is 72.3 Å². The topological polar surface area (TPSA) is 166 Å². The molecule has 2 saturated heterocycles. The first-order chi connectivity index (χ1) is 24.3. The number of fused-ring (bicyclic) bond motifs is 3. The van der Waals surface area contributed by atoms with Crippen LogP contribution in [0.25, 0.3) is 11.1 Å². The zero-order valence-electron chi connectivity index (χ0n) is 30.9. The van der Waals surface area contributed by atoms with E-state index in [1.54, 1.807) is 18.2 Å². The largest absolute Gasteiger partial charge is 0.512 e. The zero-order valence-corrected chi connectivity index (χ0v) is 31.7. The van der Waals surface area contributed by atoms with Crippen LogP contribution in [-0.4, -0.2) is 104 Å². The number of aliphatic hydroxyl groups excluding tert-OH is 1. The first kappa shape index (κ1) is 37.0. The van der Waals surface area contributed by atoms with E-state index in [2.05, 4.69) is 16.0 Å². The van der Waals surface area contributed by atoms with Gasteiger partial charge in [-0.15, -0.1) is 0 Å². The molecule has 8 rings (SSSR count). The summed E-state index contributed by atoms with van der Waals surface area (Å²) in [4.78, 5) is 42.0. The van der Waals surface area contributed by atoms with Crippen molar-refractivity contribution in [3.8, 4) is 16.9 Å². The van der Waals surface area contributed by atoms with E-state index in [9.17, 15) is 24.6 Å². The average Bonchev–Trinajstić information content (AvgIpc) is 3.39. The van der Waals surface area contributed by atoms with E-state index >= 15 is 0 Å². The number of carbonyl (C=O) groups excluding carboxylic acids is 3. The lowest BCUT2D eigenvalue weighted by molar-refractivity contribution is -0.115. The number of aliphatic hydroxyl groups is 1. The molecule has 2 aliphatic heterocycles. The number of ketones is 1. The molecule has 3 unspecified atom stereocenters. The van der Waals surface area contributed by atoms with Gasteiger partial charge in [0.05, 0.1) is 11.1 Å². The fraction of sp³-hybridized carbons (Fsp3) is 0.513. The molecule has 11 nitrogen and oxygen atoms in total. The lowest BCUT2D eigenvalue weighted by Gasteiger charge is -2.46. The van der Waals surface area contributed by atoms with Crippen LogP contribution in [0.1, 0.15) is 65.3 Å². The molecule has 2 aromatic carbocycles. The van der Waals surface area contributed by atoms with E-state index < -0.39 is 23.7 Å². The van der Waals surface area contributed by atoms with Crippen LogP contribution in [0.3, 0.4) is 0 Å². The third-order valence-electron chi connectivity index (χ3n) is 11.6. The highest BCUT2D eigenvalue weighted by molar-refractivity contribution is 7.85. The van der Waals surface area contributed by atoms with E-state index in [0.717, 1.165) is 31.2 Å². The lowest BCUT2D eigenvalue weighted by Crippen LogP contribution is -2.50. The first-order valence-corrected chi connectivity index (χ1v) is 19.7. The molecule has 0 aromatic heterocycles. The van der Waals surface area contributed by atoms with Gasteiger partial charge in [0.25, 0.3) is 11.8 Å². The van der Waals surface area contributed by atoms with E-state index in [4.69, 9.17) is 10.3 Å². The van der Waals surface area contributed by atoms with Crippen molar-refractivity contribution in [2.24, 2.45) is 17.6 Å². The molecule has 0 radical (unpaired) electrons. The van der Waals surface area contributed by atoms with Gasteiger partial charge in [-0.3, -0.25) is 14.4 Å². The Morgan fingerprint density at radius 1 is 1.06 bits per heavy atom. The van der Waals surface area contributed by atoms with Gasteiger partial charge >= 0.3 is 0 Å². The van der Waals surface area contributed by atoms with Crippen LogP contribution in [-0.2, 0) is 15.7 Å². The quantitative estimate of drug-likeness (QED) is 0.180. The monoisotopic (exact) mass is 718 g/mol. The normalized spacial score (nSPS) is 29.3. The van der Waals surface area contributed by atoms with Crippen LogP contribution in [0.2, 0.25) is 0 Å². The molecule has 5 atom stereocenters. The third-order valence-corrected chi connectivity index (χ3v) is 17.4. The maximum absolute atomic E-state index is 14.5. The van der Waals surface area contributed by atoms with Crippen molar-refractivity contribution in [2.45, 2.75) is 61.4 Å². The van der Waals surface area contributed by atoms with Gasteiger partial charge < -0.3 is 41.3 Å². The first-order valence-electron chi connectivity index (χ1n) is 18.0. The summed E-state index contributed by atoms with van der Waals surface area (Å²) in [5, 5.41) is 30.3. The van der Waals surface area contributed by atoms with Crippen molar-refractivity contribution in [1.82, 2.24) is 20.9 Å². The van der Waals surface area contributed by atoms with Crippen LogP contribution in [0, 0.1) is 11.8 Å². The third kappa shape index (κ3) is 5.18. The number of aromatic hydroxyl groups is 1. The second-order valence-corrected chi connectivity index (χ2v) is 19.1. The summed E-state index contributed by atoms with van der Waals surface area (Å²) in [6, 6.07) is 10.8. The predicted molar refractivity (Wildman–Crippen MR) is 201 cm³/mol. The molecule has 2 heterocycles. The maximum Gasteiger partial charge on any atom is 0.252 e. The van der Waals surface area contributed by atoms with Gasteiger partial charge in [0.15, 0.2) is 10.9 Å². The Hall–Kier alpha value is -3.76. The summed E-state index contributed by atoms with van der Waals surface area (Å²) in [5.74, 6) is -0.328. The number of phenols is 1. The number of nitrogens with two attached hydrogens (primary N) is 1.